The molecule has 0 unspecified atom stereocenters. The smallest absolute Gasteiger partial charge is 0.180 e. The molecule has 70 valence electrons. The van der Waals surface area contributed by atoms with Crippen LogP contribution in [0, 0.1) is 5.92 Å². The summed E-state index contributed by atoms with van der Waals surface area (Å²) >= 11 is 0. The Morgan fingerprint density at radius 3 is 2.58 bits per heavy atom. The third kappa shape index (κ3) is 4.13. The van der Waals surface area contributed by atoms with Crippen molar-refractivity contribution in [2.45, 2.75) is 13.8 Å². The van der Waals surface area contributed by atoms with E-state index in [9.17, 15) is 4.79 Å². The molecule has 0 aliphatic carbocycles. The summed E-state index contributed by atoms with van der Waals surface area (Å²) in [5.74, 6) is 0.0682. The maximum Gasteiger partial charge on any atom is 0.180 e. The number of carbonyl (C=O) groups excluding carboxylic acids is 1. The van der Waals surface area contributed by atoms with Crippen LogP contribution in [-0.4, -0.2) is 26.0 Å². The molecule has 0 aromatic heterocycles. The molecule has 0 bridgehead atoms. The zero-order valence-electron chi connectivity index (χ0n) is 8.02. The van der Waals surface area contributed by atoms with Gasteiger partial charge in [0.2, 0.25) is 0 Å². The lowest BCUT2D eigenvalue weighted by atomic mass is 10.1. The van der Waals surface area contributed by atoms with Crippen LogP contribution in [-0.2, 0) is 9.53 Å². The van der Waals surface area contributed by atoms with Crippen molar-refractivity contribution in [3.05, 3.63) is 12.3 Å². The van der Waals surface area contributed by atoms with Gasteiger partial charge in [-0.2, -0.15) is 0 Å². The number of ketones is 1. The van der Waals surface area contributed by atoms with Gasteiger partial charge < -0.3 is 10.1 Å². The Morgan fingerprint density at radius 1 is 1.58 bits per heavy atom. The van der Waals surface area contributed by atoms with E-state index in [-0.39, 0.29) is 11.7 Å². The van der Waals surface area contributed by atoms with E-state index in [0.717, 1.165) is 0 Å². The van der Waals surface area contributed by atoms with E-state index in [1.807, 2.05) is 13.8 Å². The van der Waals surface area contributed by atoms with Crippen LogP contribution in [0.15, 0.2) is 12.3 Å². The number of rotatable bonds is 6. The van der Waals surface area contributed by atoms with E-state index in [1.165, 1.54) is 0 Å². The second-order valence-electron chi connectivity index (χ2n) is 2.92. The summed E-state index contributed by atoms with van der Waals surface area (Å²) in [5.41, 5.74) is 0.474. The van der Waals surface area contributed by atoms with Gasteiger partial charge in [0.25, 0.3) is 0 Å². The van der Waals surface area contributed by atoms with E-state index in [1.54, 1.807) is 7.11 Å². The number of hydrogen-bond donors (Lipinski definition) is 1. The van der Waals surface area contributed by atoms with Crippen LogP contribution in [0.5, 0.6) is 0 Å². The zero-order valence-corrected chi connectivity index (χ0v) is 8.02. The van der Waals surface area contributed by atoms with Crippen molar-refractivity contribution in [1.82, 2.24) is 5.32 Å². The van der Waals surface area contributed by atoms with Crippen LogP contribution >= 0.6 is 0 Å². The van der Waals surface area contributed by atoms with Gasteiger partial charge in [0.1, 0.15) is 0 Å². The summed E-state index contributed by atoms with van der Waals surface area (Å²) in [6.07, 6.45) is 0. The highest BCUT2D eigenvalue weighted by molar-refractivity contribution is 5.95. The minimum Gasteiger partial charge on any atom is -0.383 e. The Bertz CT molecular complexity index is 164. The molecule has 3 nitrogen and oxygen atoms in total. The molecule has 0 aromatic rings. The third-order valence-electron chi connectivity index (χ3n) is 1.47. The first kappa shape index (κ1) is 11.2. The second-order valence-corrected chi connectivity index (χ2v) is 2.92. The van der Waals surface area contributed by atoms with Crippen LogP contribution < -0.4 is 5.32 Å². The highest BCUT2D eigenvalue weighted by Crippen LogP contribution is 1.99. The Balaban J connectivity index is 3.65. The van der Waals surface area contributed by atoms with E-state index < -0.39 is 0 Å². The molecule has 0 aliphatic rings. The summed E-state index contributed by atoms with van der Waals surface area (Å²) in [6.45, 7) is 8.56. The van der Waals surface area contributed by atoms with E-state index >= 15 is 0 Å². The molecule has 0 aliphatic heterocycles. The Morgan fingerprint density at radius 2 is 2.17 bits per heavy atom. The van der Waals surface area contributed by atoms with Crippen molar-refractivity contribution >= 4 is 5.78 Å². The Labute approximate surface area is 73.8 Å². The van der Waals surface area contributed by atoms with Gasteiger partial charge >= 0.3 is 0 Å². The van der Waals surface area contributed by atoms with Gasteiger partial charge in [0.15, 0.2) is 5.78 Å². The van der Waals surface area contributed by atoms with Gasteiger partial charge in [-0.3, -0.25) is 4.79 Å². The van der Waals surface area contributed by atoms with Gasteiger partial charge in [-0.25, -0.2) is 0 Å². The highest BCUT2D eigenvalue weighted by Gasteiger charge is 2.09. The van der Waals surface area contributed by atoms with Crippen LogP contribution in [0.2, 0.25) is 0 Å². The normalized spacial score (nSPS) is 10.0. The molecule has 0 aromatic carbocycles. The van der Waals surface area contributed by atoms with Gasteiger partial charge in [0.05, 0.1) is 12.3 Å². The van der Waals surface area contributed by atoms with Crippen molar-refractivity contribution < 1.29 is 9.53 Å². The van der Waals surface area contributed by atoms with Crippen molar-refractivity contribution in [1.29, 1.82) is 0 Å². The minimum absolute atomic E-state index is 0.00699. The van der Waals surface area contributed by atoms with Crippen LogP contribution in [0.4, 0.5) is 0 Å². The highest BCUT2D eigenvalue weighted by atomic mass is 16.5. The minimum atomic E-state index is 0.00699. The molecule has 3 heteroatoms. The number of nitrogens with one attached hydrogen (secondary N) is 1. The zero-order chi connectivity index (χ0) is 9.56. The number of hydrogen-bond acceptors (Lipinski definition) is 3. The fourth-order valence-corrected chi connectivity index (χ4v) is 0.740. The fraction of sp³-hybridized carbons (Fsp3) is 0.667. The average molecular weight is 171 g/mol. The molecule has 0 radical (unpaired) electrons. The molecule has 0 saturated carbocycles. The molecule has 0 saturated heterocycles. The number of carbonyl (C=O) groups is 1. The number of Topliss-reactive ketones (excluding diaryl/α,β-unsaturated/α-hetero) is 1. The summed E-state index contributed by atoms with van der Waals surface area (Å²) in [5, 5.41) is 2.90. The largest absolute Gasteiger partial charge is 0.383 e. The van der Waals surface area contributed by atoms with Crippen molar-refractivity contribution in [2.24, 2.45) is 5.92 Å². The molecule has 0 heterocycles. The summed E-state index contributed by atoms with van der Waals surface area (Å²) < 4.78 is 4.82. The lowest BCUT2D eigenvalue weighted by molar-refractivity contribution is -0.118. The third-order valence-corrected chi connectivity index (χ3v) is 1.47. The second kappa shape index (κ2) is 5.77. The monoisotopic (exact) mass is 171 g/mol. The molecule has 0 fully saturated rings. The standard InChI is InChI=1S/C9H17NO2/c1-7(2)9(11)8(3)10-5-6-12-4/h7,10H,3,5-6H2,1-2,4H3. The molecule has 1 N–H and O–H groups in total. The first-order chi connectivity index (χ1) is 5.59. The molecule has 0 amide bonds. The predicted octanol–water partition coefficient (Wildman–Crippen LogP) is 0.961. The SMILES string of the molecule is C=C(NCCOC)C(=O)C(C)C. The van der Waals surface area contributed by atoms with E-state index in [4.69, 9.17) is 4.74 Å². The molecular weight excluding hydrogens is 154 g/mol. The quantitative estimate of drug-likeness (QED) is 0.478. The lowest BCUT2D eigenvalue weighted by Crippen LogP contribution is -2.25. The molecule has 0 rings (SSSR count). The number of ether oxygens (including phenoxy) is 1. The van der Waals surface area contributed by atoms with Gasteiger partial charge in [-0.15, -0.1) is 0 Å². The van der Waals surface area contributed by atoms with Gasteiger partial charge in [-0.05, 0) is 0 Å². The Kier molecular flexibility index (Phi) is 5.37. The van der Waals surface area contributed by atoms with Gasteiger partial charge in [0, 0.05) is 19.6 Å². The summed E-state index contributed by atoms with van der Waals surface area (Å²) in [6, 6.07) is 0. The lowest BCUT2D eigenvalue weighted by Gasteiger charge is -2.09. The molecule has 0 spiro atoms. The summed E-state index contributed by atoms with van der Waals surface area (Å²) in [4.78, 5) is 11.2. The maximum absolute atomic E-state index is 11.2. The first-order valence-corrected chi connectivity index (χ1v) is 4.05. The molecular formula is C9H17NO2. The van der Waals surface area contributed by atoms with Gasteiger partial charge in [-0.1, -0.05) is 20.4 Å². The predicted molar refractivity (Wildman–Crippen MR) is 48.9 cm³/mol. The fourth-order valence-electron chi connectivity index (χ4n) is 0.740. The van der Waals surface area contributed by atoms with Crippen LogP contribution in [0.3, 0.4) is 0 Å². The topological polar surface area (TPSA) is 38.3 Å². The van der Waals surface area contributed by atoms with Crippen molar-refractivity contribution in [3.63, 3.8) is 0 Å². The van der Waals surface area contributed by atoms with Crippen molar-refractivity contribution in [2.75, 3.05) is 20.3 Å². The van der Waals surface area contributed by atoms with Crippen LogP contribution in [0.1, 0.15) is 13.8 Å². The van der Waals surface area contributed by atoms with E-state index in [2.05, 4.69) is 11.9 Å². The first-order valence-electron chi connectivity index (χ1n) is 4.05. The number of methoxy groups -OCH3 is 1. The molecule has 0 atom stereocenters. The summed E-state index contributed by atoms with van der Waals surface area (Å²) in [7, 11) is 1.62. The van der Waals surface area contributed by atoms with Crippen LogP contribution in [0.25, 0.3) is 0 Å². The maximum atomic E-state index is 11.2. The van der Waals surface area contributed by atoms with Crippen molar-refractivity contribution in [3.8, 4) is 0 Å². The molecule has 12 heavy (non-hydrogen) atoms. The Hall–Kier alpha value is -0.830. The average Bonchev–Trinajstić information content (AvgIpc) is 2.03. The van der Waals surface area contributed by atoms with E-state index in [0.29, 0.717) is 18.8 Å². The number of allylic oxidation sites excluding steroid dienone is 1.